The number of carboxylic acid groups (broad SMARTS) is 1. The summed E-state index contributed by atoms with van der Waals surface area (Å²) in [7, 11) is 0. The summed E-state index contributed by atoms with van der Waals surface area (Å²) in [6.07, 6.45) is 4.21. The zero-order valence-corrected chi connectivity index (χ0v) is 12.2. The second-order valence-corrected chi connectivity index (χ2v) is 5.77. The summed E-state index contributed by atoms with van der Waals surface area (Å²) < 4.78 is 0. The summed E-state index contributed by atoms with van der Waals surface area (Å²) in [5.74, 6) is -0.457. The lowest BCUT2D eigenvalue weighted by atomic mass is 9.87. The molecule has 0 bridgehead atoms. The molecule has 0 spiro atoms. The Morgan fingerprint density at radius 2 is 1.95 bits per heavy atom. The van der Waals surface area contributed by atoms with Crippen LogP contribution >= 0.6 is 0 Å². The average Bonchev–Trinajstić information content (AvgIpc) is 2.45. The van der Waals surface area contributed by atoms with E-state index in [4.69, 9.17) is 0 Å². The highest BCUT2D eigenvalue weighted by Gasteiger charge is 2.24. The molecule has 0 saturated heterocycles. The number of nitrogens with one attached hydrogen (secondary N) is 2. The second kappa shape index (κ2) is 7.11. The van der Waals surface area contributed by atoms with Crippen LogP contribution in [0.5, 0.6) is 0 Å². The lowest BCUT2D eigenvalue weighted by molar-refractivity contribution is -0.139. The lowest BCUT2D eigenvalue weighted by Gasteiger charge is -2.28. The third kappa shape index (κ3) is 4.48. The zero-order chi connectivity index (χ0) is 15.2. The summed E-state index contributed by atoms with van der Waals surface area (Å²) in [6, 6.07) is 7.42. The van der Waals surface area contributed by atoms with Crippen LogP contribution in [-0.4, -0.2) is 23.1 Å². The van der Waals surface area contributed by atoms with Crippen molar-refractivity contribution in [3.05, 3.63) is 35.9 Å². The first-order chi connectivity index (χ1) is 10.1. The number of carboxylic acids is 1. The van der Waals surface area contributed by atoms with Gasteiger partial charge >= 0.3 is 12.0 Å². The molecule has 5 nitrogen and oxygen atoms in total. The predicted molar refractivity (Wildman–Crippen MR) is 79.9 cm³/mol. The Balaban J connectivity index is 1.94. The summed E-state index contributed by atoms with van der Waals surface area (Å²) >= 11 is 0. The fourth-order valence-corrected chi connectivity index (χ4v) is 2.86. The fraction of sp³-hybridized carbons (Fsp3) is 0.500. The highest BCUT2D eigenvalue weighted by Crippen LogP contribution is 2.23. The molecule has 0 aliphatic heterocycles. The molecule has 0 aromatic heterocycles. The van der Waals surface area contributed by atoms with E-state index in [1.165, 1.54) is 6.42 Å². The molecule has 2 rings (SSSR count). The molecule has 1 aliphatic carbocycles. The first-order valence-electron chi connectivity index (χ1n) is 7.41. The maximum atomic E-state index is 12.0. The first kappa shape index (κ1) is 15.4. The SMILES string of the molecule is CC1CCCC(NC(=O)NC(C(=O)O)c2ccccc2)C1. The molecule has 2 amide bonds. The number of hydrogen-bond acceptors (Lipinski definition) is 2. The Morgan fingerprint density at radius 3 is 2.57 bits per heavy atom. The molecule has 5 heteroatoms. The van der Waals surface area contributed by atoms with Gasteiger partial charge in [-0.1, -0.05) is 50.1 Å². The molecule has 3 N–H and O–H groups in total. The molecule has 1 aromatic carbocycles. The van der Waals surface area contributed by atoms with Gasteiger partial charge in [0.15, 0.2) is 6.04 Å². The van der Waals surface area contributed by atoms with Crippen LogP contribution in [0.25, 0.3) is 0 Å². The number of benzene rings is 1. The standard InChI is InChI=1S/C16H22N2O3/c1-11-6-5-9-13(10-11)17-16(21)18-14(15(19)20)12-7-3-2-4-8-12/h2-4,7-8,11,13-14H,5-6,9-10H2,1H3,(H,19,20)(H2,17,18,21). The Bertz CT molecular complexity index is 490. The van der Waals surface area contributed by atoms with Crippen molar-refractivity contribution in [3.63, 3.8) is 0 Å². The number of hydrogen-bond donors (Lipinski definition) is 3. The fourth-order valence-electron chi connectivity index (χ4n) is 2.86. The van der Waals surface area contributed by atoms with Crippen LogP contribution in [0.2, 0.25) is 0 Å². The van der Waals surface area contributed by atoms with Crippen molar-refractivity contribution in [3.8, 4) is 0 Å². The normalized spacial score (nSPS) is 23.1. The average molecular weight is 290 g/mol. The van der Waals surface area contributed by atoms with E-state index in [0.717, 1.165) is 19.3 Å². The van der Waals surface area contributed by atoms with Gasteiger partial charge < -0.3 is 15.7 Å². The van der Waals surface area contributed by atoms with Crippen molar-refractivity contribution in [2.75, 3.05) is 0 Å². The third-order valence-corrected chi connectivity index (χ3v) is 3.93. The van der Waals surface area contributed by atoms with Crippen molar-refractivity contribution in [2.45, 2.75) is 44.7 Å². The Kier molecular flexibility index (Phi) is 5.20. The highest BCUT2D eigenvalue weighted by atomic mass is 16.4. The Morgan fingerprint density at radius 1 is 1.24 bits per heavy atom. The van der Waals surface area contributed by atoms with Crippen molar-refractivity contribution < 1.29 is 14.7 Å². The van der Waals surface area contributed by atoms with E-state index in [1.54, 1.807) is 24.3 Å². The number of urea groups is 1. The molecule has 3 unspecified atom stereocenters. The largest absolute Gasteiger partial charge is 0.479 e. The van der Waals surface area contributed by atoms with Crippen LogP contribution in [0.3, 0.4) is 0 Å². The van der Waals surface area contributed by atoms with Crippen LogP contribution in [0.4, 0.5) is 4.79 Å². The molecule has 1 aliphatic rings. The van der Waals surface area contributed by atoms with E-state index in [1.807, 2.05) is 6.07 Å². The van der Waals surface area contributed by atoms with E-state index in [0.29, 0.717) is 11.5 Å². The second-order valence-electron chi connectivity index (χ2n) is 5.77. The van der Waals surface area contributed by atoms with Gasteiger partial charge in [0.2, 0.25) is 0 Å². The summed E-state index contributed by atoms with van der Waals surface area (Å²) in [5, 5.41) is 14.7. The maximum Gasteiger partial charge on any atom is 0.330 e. The highest BCUT2D eigenvalue weighted by molar-refractivity contribution is 5.83. The van der Waals surface area contributed by atoms with Gasteiger partial charge in [-0.2, -0.15) is 0 Å². The molecule has 1 aromatic rings. The van der Waals surface area contributed by atoms with Gasteiger partial charge in [0.25, 0.3) is 0 Å². The number of rotatable bonds is 4. The Hall–Kier alpha value is -2.04. The van der Waals surface area contributed by atoms with Crippen molar-refractivity contribution in [2.24, 2.45) is 5.92 Å². The lowest BCUT2D eigenvalue weighted by Crippen LogP contribution is -2.46. The van der Waals surface area contributed by atoms with Gasteiger partial charge in [-0.05, 0) is 24.3 Å². The summed E-state index contributed by atoms with van der Waals surface area (Å²) in [4.78, 5) is 23.4. The summed E-state index contributed by atoms with van der Waals surface area (Å²) in [5.41, 5.74) is 0.567. The number of aliphatic carboxylic acids is 1. The van der Waals surface area contributed by atoms with Crippen molar-refractivity contribution >= 4 is 12.0 Å². The Labute approximate surface area is 124 Å². The molecular weight excluding hydrogens is 268 g/mol. The van der Waals surface area contributed by atoms with Gasteiger partial charge in [-0.3, -0.25) is 0 Å². The third-order valence-electron chi connectivity index (χ3n) is 3.93. The molecule has 0 radical (unpaired) electrons. The minimum Gasteiger partial charge on any atom is -0.479 e. The smallest absolute Gasteiger partial charge is 0.330 e. The van der Waals surface area contributed by atoms with Gasteiger partial charge in [-0.15, -0.1) is 0 Å². The van der Waals surface area contributed by atoms with E-state index in [9.17, 15) is 14.7 Å². The molecule has 114 valence electrons. The van der Waals surface area contributed by atoms with Crippen LogP contribution in [-0.2, 0) is 4.79 Å². The number of amides is 2. The number of carbonyl (C=O) groups is 2. The minimum atomic E-state index is -1.06. The molecule has 21 heavy (non-hydrogen) atoms. The van der Waals surface area contributed by atoms with Gasteiger partial charge in [0.05, 0.1) is 0 Å². The van der Waals surface area contributed by atoms with Crippen molar-refractivity contribution in [1.29, 1.82) is 0 Å². The monoisotopic (exact) mass is 290 g/mol. The topological polar surface area (TPSA) is 78.4 Å². The van der Waals surface area contributed by atoms with Crippen LogP contribution in [0.15, 0.2) is 30.3 Å². The summed E-state index contributed by atoms with van der Waals surface area (Å²) in [6.45, 7) is 2.18. The maximum absolute atomic E-state index is 12.0. The molecule has 0 heterocycles. The molecule has 1 saturated carbocycles. The first-order valence-corrected chi connectivity index (χ1v) is 7.41. The number of carbonyl (C=O) groups excluding carboxylic acids is 1. The van der Waals surface area contributed by atoms with Gasteiger partial charge in [0, 0.05) is 6.04 Å². The zero-order valence-electron chi connectivity index (χ0n) is 12.2. The van der Waals surface area contributed by atoms with Crippen LogP contribution in [0, 0.1) is 5.92 Å². The minimum absolute atomic E-state index is 0.138. The van der Waals surface area contributed by atoms with Crippen LogP contribution < -0.4 is 10.6 Å². The predicted octanol–water partition coefficient (Wildman–Crippen LogP) is 2.69. The molecule has 3 atom stereocenters. The van der Waals surface area contributed by atoms with Crippen LogP contribution in [0.1, 0.15) is 44.2 Å². The van der Waals surface area contributed by atoms with E-state index in [-0.39, 0.29) is 6.04 Å². The molecular formula is C16H22N2O3. The van der Waals surface area contributed by atoms with Crippen molar-refractivity contribution in [1.82, 2.24) is 10.6 Å². The quantitative estimate of drug-likeness (QED) is 0.797. The van der Waals surface area contributed by atoms with E-state index in [2.05, 4.69) is 17.6 Å². The van der Waals surface area contributed by atoms with E-state index >= 15 is 0 Å². The van der Waals surface area contributed by atoms with E-state index < -0.39 is 18.0 Å². The molecule has 1 fully saturated rings. The van der Waals surface area contributed by atoms with Gasteiger partial charge in [0.1, 0.15) is 0 Å². The van der Waals surface area contributed by atoms with Gasteiger partial charge in [-0.25, -0.2) is 9.59 Å².